The first-order chi connectivity index (χ1) is 12.5. The van der Waals surface area contributed by atoms with E-state index in [1.54, 1.807) is 17.9 Å². The van der Waals surface area contributed by atoms with Gasteiger partial charge < -0.3 is 14.5 Å². The molecule has 3 aromatic rings. The number of amides is 1. The molecule has 3 heterocycles. The third kappa shape index (κ3) is 2.71. The number of carboxylic acid groups (broad SMARTS) is 1. The van der Waals surface area contributed by atoms with Gasteiger partial charge in [-0.3, -0.25) is 9.59 Å². The van der Waals surface area contributed by atoms with Gasteiger partial charge in [0.15, 0.2) is 0 Å². The number of benzene rings is 1. The molecule has 0 spiro atoms. The normalized spacial score (nSPS) is 17.0. The summed E-state index contributed by atoms with van der Waals surface area (Å²) in [5.41, 5.74) is 2.82. The van der Waals surface area contributed by atoms with Crippen molar-refractivity contribution in [1.82, 2.24) is 15.0 Å². The molecule has 1 aliphatic heterocycles. The van der Waals surface area contributed by atoms with Crippen molar-refractivity contribution in [1.29, 1.82) is 0 Å². The summed E-state index contributed by atoms with van der Waals surface area (Å²) in [7, 11) is 0. The zero-order chi connectivity index (χ0) is 18.3. The van der Waals surface area contributed by atoms with Crippen molar-refractivity contribution in [2.24, 2.45) is 5.92 Å². The van der Waals surface area contributed by atoms with Crippen molar-refractivity contribution in [3.63, 3.8) is 0 Å². The lowest BCUT2D eigenvalue weighted by molar-refractivity contribution is -0.141. The highest BCUT2D eigenvalue weighted by Crippen LogP contribution is 2.29. The summed E-state index contributed by atoms with van der Waals surface area (Å²) in [5, 5.41) is 13.7. The summed E-state index contributed by atoms with van der Waals surface area (Å²) in [6.45, 7) is 2.39. The molecule has 1 fully saturated rings. The van der Waals surface area contributed by atoms with Crippen LogP contribution in [-0.2, 0) is 4.79 Å². The highest BCUT2D eigenvalue weighted by atomic mass is 16.5. The lowest BCUT2D eigenvalue weighted by atomic mass is 10.0. The molecule has 1 unspecified atom stereocenters. The number of hydrogen-bond donors (Lipinski definition) is 1. The van der Waals surface area contributed by atoms with Gasteiger partial charge in [0.1, 0.15) is 0 Å². The molecule has 7 heteroatoms. The number of nitrogens with zero attached hydrogens (tertiary/aromatic N) is 3. The van der Waals surface area contributed by atoms with Crippen LogP contribution in [0.5, 0.6) is 0 Å². The van der Waals surface area contributed by atoms with Gasteiger partial charge in [0.2, 0.25) is 0 Å². The van der Waals surface area contributed by atoms with Crippen LogP contribution in [0.25, 0.3) is 22.4 Å². The number of likely N-dealkylation sites (tertiary alicyclic amines) is 1. The minimum Gasteiger partial charge on any atom is -0.481 e. The van der Waals surface area contributed by atoms with Crippen molar-refractivity contribution in [2.45, 2.75) is 13.3 Å². The van der Waals surface area contributed by atoms with Crippen LogP contribution in [0.3, 0.4) is 0 Å². The quantitative estimate of drug-likeness (QED) is 0.779. The minimum atomic E-state index is -0.869. The number of aliphatic carboxylic acids is 1. The number of aromatic nitrogens is 2. The van der Waals surface area contributed by atoms with E-state index < -0.39 is 11.9 Å². The smallest absolute Gasteiger partial charge is 0.308 e. The van der Waals surface area contributed by atoms with Gasteiger partial charge in [-0.2, -0.15) is 0 Å². The zero-order valence-corrected chi connectivity index (χ0v) is 14.2. The third-order valence-electron chi connectivity index (χ3n) is 4.74. The molecule has 4 rings (SSSR count). The van der Waals surface area contributed by atoms with Gasteiger partial charge in [-0.1, -0.05) is 35.5 Å². The Hall–Kier alpha value is -3.22. The van der Waals surface area contributed by atoms with E-state index >= 15 is 0 Å². The second-order valence-electron chi connectivity index (χ2n) is 6.44. The van der Waals surface area contributed by atoms with Gasteiger partial charge in [0.25, 0.3) is 11.6 Å². The molecule has 1 atom stereocenters. The van der Waals surface area contributed by atoms with Gasteiger partial charge >= 0.3 is 5.97 Å². The van der Waals surface area contributed by atoms with E-state index in [2.05, 4.69) is 10.1 Å². The van der Waals surface area contributed by atoms with Gasteiger partial charge in [-0.25, -0.2) is 4.98 Å². The van der Waals surface area contributed by atoms with E-state index in [1.165, 1.54) is 0 Å². The molecule has 1 N–H and O–H groups in total. The zero-order valence-electron chi connectivity index (χ0n) is 14.2. The Kier molecular flexibility index (Phi) is 3.91. The second kappa shape index (κ2) is 6.25. The number of hydrogen-bond acceptors (Lipinski definition) is 5. The maximum atomic E-state index is 13.1. The minimum absolute atomic E-state index is 0.211. The van der Waals surface area contributed by atoms with Crippen molar-refractivity contribution in [2.75, 3.05) is 13.1 Å². The van der Waals surface area contributed by atoms with Crippen molar-refractivity contribution in [3.05, 3.63) is 47.7 Å². The highest BCUT2D eigenvalue weighted by molar-refractivity contribution is 6.07. The first kappa shape index (κ1) is 16.3. The molecule has 2 aromatic heterocycles. The monoisotopic (exact) mass is 351 g/mol. The van der Waals surface area contributed by atoms with Crippen molar-refractivity contribution < 1.29 is 19.2 Å². The van der Waals surface area contributed by atoms with Crippen LogP contribution in [0.4, 0.5) is 0 Å². The van der Waals surface area contributed by atoms with E-state index in [0.29, 0.717) is 41.0 Å². The number of carbonyl (C=O) groups excluding carboxylic acids is 1. The fourth-order valence-corrected chi connectivity index (χ4v) is 3.34. The molecular formula is C19H17N3O4. The number of aryl methyl sites for hydroxylation is 1. The van der Waals surface area contributed by atoms with Crippen LogP contribution < -0.4 is 0 Å². The van der Waals surface area contributed by atoms with Crippen LogP contribution >= 0.6 is 0 Å². The highest BCUT2D eigenvalue weighted by Gasteiger charge is 2.33. The SMILES string of the molecule is Cc1noc2nc(-c3ccccc3)cc(C(=O)N3CCC(C(=O)O)C3)c12. The fourth-order valence-electron chi connectivity index (χ4n) is 3.34. The molecular weight excluding hydrogens is 334 g/mol. The van der Waals surface area contributed by atoms with Gasteiger partial charge in [0, 0.05) is 18.7 Å². The number of carboxylic acids is 1. The van der Waals surface area contributed by atoms with Crippen LogP contribution in [0, 0.1) is 12.8 Å². The second-order valence-corrected chi connectivity index (χ2v) is 6.44. The van der Waals surface area contributed by atoms with E-state index in [1.807, 2.05) is 30.3 Å². The first-order valence-corrected chi connectivity index (χ1v) is 8.39. The van der Waals surface area contributed by atoms with Gasteiger partial charge in [0.05, 0.1) is 28.3 Å². The first-order valence-electron chi connectivity index (χ1n) is 8.39. The largest absolute Gasteiger partial charge is 0.481 e. The summed E-state index contributed by atoms with van der Waals surface area (Å²) in [6.07, 6.45) is 0.462. The van der Waals surface area contributed by atoms with E-state index in [4.69, 9.17) is 4.52 Å². The predicted octanol–water partition coefficient (Wildman–Crippen LogP) is 2.74. The maximum Gasteiger partial charge on any atom is 0.308 e. The Bertz CT molecular complexity index is 997. The molecule has 1 saturated heterocycles. The fraction of sp³-hybridized carbons (Fsp3) is 0.263. The molecule has 132 valence electrons. The van der Waals surface area contributed by atoms with Crippen LogP contribution in [-0.4, -0.2) is 45.1 Å². The molecule has 1 amide bonds. The Morgan fingerprint density at radius 3 is 2.73 bits per heavy atom. The lowest BCUT2D eigenvalue weighted by Gasteiger charge is -2.17. The lowest BCUT2D eigenvalue weighted by Crippen LogP contribution is -2.30. The number of carbonyl (C=O) groups is 2. The van der Waals surface area contributed by atoms with Crippen LogP contribution in [0.1, 0.15) is 22.5 Å². The number of fused-ring (bicyclic) bond motifs is 1. The summed E-state index contributed by atoms with van der Waals surface area (Å²) in [4.78, 5) is 30.4. The number of pyridine rings is 1. The van der Waals surface area contributed by atoms with Crippen LogP contribution in [0.15, 0.2) is 40.9 Å². The molecule has 0 bridgehead atoms. The van der Waals surface area contributed by atoms with Gasteiger partial charge in [-0.15, -0.1) is 0 Å². The van der Waals surface area contributed by atoms with Crippen molar-refractivity contribution in [3.8, 4) is 11.3 Å². The summed E-state index contributed by atoms with van der Waals surface area (Å²) >= 11 is 0. The summed E-state index contributed by atoms with van der Waals surface area (Å²) < 4.78 is 5.30. The Balaban J connectivity index is 1.79. The molecule has 0 radical (unpaired) electrons. The van der Waals surface area contributed by atoms with E-state index in [-0.39, 0.29) is 12.5 Å². The average Bonchev–Trinajstić information content (AvgIpc) is 3.29. The Morgan fingerprint density at radius 1 is 1.27 bits per heavy atom. The Labute approximate surface area is 149 Å². The molecule has 0 aliphatic carbocycles. The van der Waals surface area contributed by atoms with Gasteiger partial charge in [-0.05, 0) is 19.4 Å². The van der Waals surface area contributed by atoms with E-state index in [0.717, 1.165) is 5.56 Å². The molecule has 0 saturated carbocycles. The predicted molar refractivity (Wildman–Crippen MR) is 93.6 cm³/mol. The van der Waals surface area contributed by atoms with Crippen LogP contribution in [0.2, 0.25) is 0 Å². The number of rotatable bonds is 3. The van der Waals surface area contributed by atoms with E-state index in [9.17, 15) is 14.7 Å². The summed E-state index contributed by atoms with van der Waals surface area (Å²) in [6, 6.07) is 11.2. The third-order valence-corrected chi connectivity index (χ3v) is 4.74. The standard InChI is InChI=1S/C19H17N3O4/c1-11-16-14(18(23)22-8-7-13(10-22)19(24)25)9-15(20-17(16)26-21-11)12-5-3-2-4-6-12/h2-6,9,13H,7-8,10H2,1H3,(H,24,25). The Morgan fingerprint density at radius 2 is 2.04 bits per heavy atom. The molecule has 1 aromatic carbocycles. The molecule has 26 heavy (non-hydrogen) atoms. The topological polar surface area (TPSA) is 96.5 Å². The molecule has 7 nitrogen and oxygen atoms in total. The maximum absolute atomic E-state index is 13.1. The molecule has 1 aliphatic rings. The average molecular weight is 351 g/mol. The summed E-state index contributed by atoms with van der Waals surface area (Å²) in [5.74, 6) is -1.61. The van der Waals surface area contributed by atoms with Crippen molar-refractivity contribution >= 4 is 23.0 Å².